The fourth-order valence-electron chi connectivity index (χ4n) is 1.43. The summed E-state index contributed by atoms with van der Waals surface area (Å²) >= 11 is 0. The van der Waals surface area contributed by atoms with Crippen LogP contribution in [0.4, 0.5) is 10.1 Å². The first kappa shape index (κ1) is 16.6. The second kappa shape index (κ2) is 5.49. The monoisotopic (exact) mass is 302 g/mol. The van der Waals surface area contributed by atoms with Crippen molar-refractivity contribution in [2.45, 2.75) is 31.7 Å². The van der Waals surface area contributed by atoms with Crippen molar-refractivity contribution in [3.05, 3.63) is 24.0 Å². The zero-order valence-electron chi connectivity index (χ0n) is 11.9. The molecule has 0 heterocycles. The maximum absolute atomic E-state index is 13.6. The van der Waals surface area contributed by atoms with Gasteiger partial charge in [0.25, 0.3) is 0 Å². The van der Waals surface area contributed by atoms with Crippen LogP contribution in [0.5, 0.6) is 0 Å². The van der Waals surface area contributed by atoms with Crippen LogP contribution in [0.3, 0.4) is 0 Å². The van der Waals surface area contributed by atoms with Gasteiger partial charge in [-0.2, -0.15) is 0 Å². The van der Waals surface area contributed by atoms with Gasteiger partial charge in [0.05, 0.1) is 16.6 Å². The van der Waals surface area contributed by atoms with E-state index in [1.165, 1.54) is 0 Å². The molecule has 3 N–H and O–H groups in total. The van der Waals surface area contributed by atoms with E-state index in [1.807, 2.05) is 0 Å². The quantitative estimate of drug-likeness (QED) is 0.829. The predicted molar refractivity (Wildman–Crippen MR) is 75.6 cm³/mol. The molecule has 0 aliphatic heterocycles. The van der Waals surface area contributed by atoms with Crippen LogP contribution in [0, 0.1) is 11.2 Å². The Balaban J connectivity index is 3.07. The molecule has 1 aromatic rings. The van der Waals surface area contributed by atoms with Crippen molar-refractivity contribution in [3.63, 3.8) is 0 Å². The number of sulfone groups is 1. The fraction of sp³-hybridized carbons (Fsp3) is 0.462. The molecule has 0 aliphatic carbocycles. The Hall–Kier alpha value is -1.47. The van der Waals surface area contributed by atoms with Gasteiger partial charge in [-0.15, -0.1) is 0 Å². The Bertz CT molecular complexity index is 621. The standard InChI is InChI=1S/C13H19FN2O3S/c1-13(2,3)11(15)12(17)16-10-7-8(20(4,18)19)5-6-9(10)14/h5-7,11H,15H2,1-4H3,(H,16,17)/t11-/m1/s1. The number of hydrogen-bond donors (Lipinski definition) is 2. The molecular formula is C13H19FN2O3S. The summed E-state index contributed by atoms with van der Waals surface area (Å²) in [4.78, 5) is 11.8. The molecule has 1 rings (SSSR count). The second-order valence-corrected chi connectivity index (χ2v) is 7.76. The van der Waals surface area contributed by atoms with Crippen molar-refractivity contribution in [1.29, 1.82) is 0 Å². The van der Waals surface area contributed by atoms with Crippen molar-refractivity contribution < 1.29 is 17.6 Å². The van der Waals surface area contributed by atoms with E-state index in [9.17, 15) is 17.6 Å². The molecule has 1 aromatic carbocycles. The highest BCUT2D eigenvalue weighted by atomic mass is 32.2. The van der Waals surface area contributed by atoms with Crippen molar-refractivity contribution in [2.24, 2.45) is 11.1 Å². The number of benzene rings is 1. The molecule has 0 bridgehead atoms. The van der Waals surface area contributed by atoms with Gasteiger partial charge in [0, 0.05) is 6.26 Å². The summed E-state index contributed by atoms with van der Waals surface area (Å²) in [5.74, 6) is -1.28. The Morgan fingerprint density at radius 3 is 2.35 bits per heavy atom. The molecule has 0 saturated carbocycles. The zero-order valence-corrected chi connectivity index (χ0v) is 12.7. The molecule has 0 saturated heterocycles. The van der Waals surface area contributed by atoms with Crippen molar-refractivity contribution in [1.82, 2.24) is 0 Å². The van der Waals surface area contributed by atoms with Crippen LogP contribution < -0.4 is 11.1 Å². The highest BCUT2D eigenvalue weighted by Crippen LogP contribution is 2.22. The number of rotatable bonds is 3. The van der Waals surface area contributed by atoms with Crippen molar-refractivity contribution in [2.75, 3.05) is 11.6 Å². The van der Waals surface area contributed by atoms with Gasteiger partial charge >= 0.3 is 0 Å². The Morgan fingerprint density at radius 1 is 1.35 bits per heavy atom. The molecule has 0 spiro atoms. The second-order valence-electron chi connectivity index (χ2n) is 5.75. The van der Waals surface area contributed by atoms with Crippen LogP contribution in [0.25, 0.3) is 0 Å². The van der Waals surface area contributed by atoms with Crippen molar-refractivity contribution in [3.8, 4) is 0 Å². The van der Waals surface area contributed by atoms with Crippen LogP contribution in [0.2, 0.25) is 0 Å². The van der Waals surface area contributed by atoms with E-state index in [2.05, 4.69) is 5.32 Å². The normalized spacial score (nSPS) is 13.9. The molecular weight excluding hydrogens is 283 g/mol. The van der Waals surface area contributed by atoms with E-state index in [1.54, 1.807) is 20.8 Å². The van der Waals surface area contributed by atoms with Gasteiger partial charge in [-0.3, -0.25) is 4.79 Å². The van der Waals surface area contributed by atoms with Crippen LogP contribution in [0.1, 0.15) is 20.8 Å². The highest BCUT2D eigenvalue weighted by Gasteiger charge is 2.28. The number of halogens is 1. The minimum atomic E-state index is -3.48. The number of anilines is 1. The first-order chi connectivity index (χ1) is 8.93. The minimum Gasteiger partial charge on any atom is -0.322 e. The van der Waals surface area contributed by atoms with Gasteiger partial charge in [0.15, 0.2) is 9.84 Å². The van der Waals surface area contributed by atoms with E-state index >= 15 is 0 Å². The molecule has 0 aliphatic rings. The molecule has 0 unspecified atom stereocenters. The predicted octanol–water partition coefficient (Wildman–Crippen LogP) is 1.54. The molecule has 1 atom stereocenters. The Kier molecular flexibility index (Phi) is 4.55. The van der Waals surface area contributed by atoms with Crippen LogP contribution in [-0.4, -0.2) is 26.6 Å². The maximum atomic E-state index is 13.6. The number of nitrogens with two attached hydrogens (primary N) is 1. The summed E-state index contributed by atoms with van der Waals surface area (Å²) < 4.78 is 36.5. The third kappa shape index (κ3) is 4.01. The van der Waals surface area contributed by atoms with E-state index in [4.69, 9.17) is 5.73 Å². The lowest BCUT2D eigenvalue weighted by Gasteiger charge is -2.25. The van der Waals surface area contributed by atoms with Gasteiger partial charge < -0.3 is 11.1 Å². The zero-order chi connectivity index (χ0) is 15.7. The van der Waals surface area contributed by atoms with Gasteiger partial charge in [0.1, 0.15) is 5.82 Å². The lowest BCUT2D eigenvalue weighted by Crippen LogP contribution is -2.45. The minimum absolute atomic E-state index is 0.0708. The number of amides is 1. The SMILES string of the molecule is CC(C)(C)[C@H](N)C(=O)Nc1cc(S(C)(=O)=O)ccc1F. The first-order valence-electron chi connectivity index (χ1n) is 5.99. The summed E-state index contributed by atoms with van der Waals surface area (Å²) in [6.07, 6.45) is 1.01. The molecule has 1 amide bonds. The molecule has 5 nitrogen and oxygen atoms in total. The van der Waals surface area contributed by atoms with Gasteiger partial charge in [0.2, 0.25) is 5.91 Å². The van der Waals surface area contributed by atoms with E-state index in [-0.39, 0.29) is 10.6 Å². The van der Waals surface area contributed by atoms with Gasteiger partial charge in [-0.05, 0) is 23.6 Å². The smallest absolute Gasteiger partial charge is 0.241 e. The van der Waals surface area contributed by atoms with Gasteiger partial charge in [-0.25, -0.2) is 12.8 Å². The van der Waals surface area contributed by atoms with E-state index in [0.717, 1.165) is 24.5 Å². The summed E-state index contributed by atoms with van der Waals surface area (Å²) in [6, 6.07) is 2.38. The van der Waals surface area contributed by atoms with Crippen LogP contribution in [0.15, 0.2) is 23.1 Å². The topological polar surface area (TPSA) is 89.3 Å². The molecule has 112 valence electrons. The Morgan fingerprint density at radius 2 is 1.90 bits per heavy atom. The average Bonchev–Trinajstić information content (AvgIpc) is 2.28. The Labute approximate surface area is 118 Å². The maximum Gasteiger partial charge on any atom is 0.241 e. The molecule has 0 aromatic heterocycles. The summed E-state index contributed by atoms with van der Waals surface area (Å²) in [5.41, 5.74) is 5.08. The van der Waals surface area contributed by atoms with Crippen LogP contribution in [-0.2, 0) is 14.6 Å². The highest BCUT2D eigenvalue weighted by molar-refractivity contribution is 7.90. The van der Waals surface area contributed by atoms with E-state index < -0.39 is 33.0 Å². The number of carbonyl (C=O) groups is 1. The first-order valence-corrected chi connectivity index (χ1v) is 7.88. The number of carbonyl (C=O) groups excluding carboxylic acids is 1. The third-order valence-electron chi connectivity index (χ3n) is 2.84. The summed E-state index contributed by atoms with van der Waals surface area (Å²) in [5, 5.41) is 2.33. The van der Waals surface area contributed by atoms with E-state index in [0.29, 0.717) is 0 Å². The molecule has 7 heteroatoms. The number of nitrogens with one attached hydrogen (secondary N) is 1. The van der Waals surface area contributed by atoms with Gasteiger partial charge in [-0.1, -0.05) is 20.8 Å². The molecule has 0 radical (unpaired) electrons. The largest absolute Gasteiger partial charge is 0.322 e. The lowest BCUT2D eigenvalue weighted by atomic mass is 9.87. The van der Waals surface area contributed by atoms with Crippen molar-refractivity contribution >= 4 is 21.4 Å². The molecule has 0 fully saturated rings. The molecule has 20 heavy (non-hydrogen) atoms. The summed E-state index contributed by atoms with van der Waals surface area (Å²) in [7, 11) is -3.48. The fourth-order valence-corrected chi connectivity index (χ4v) is 2.08. The lowest BCUT2D eigenvalue weighted by molar-refractivity contribution is -0.119. The third-order valence-corrected chi connectivity index (χ3v) is 3.95. The number of hydrogen-bond acceptors (Lipinski definition) is 4. The average molecular weight is 302 g/mol. The summed E-state index contributed by atoms with van der Waals surface area (Å²) in [6.45, 7) is 5.33. The van der Waals surface area contributed by atoms with Crippen LogP contribution >= 0.6 is 0 Å².